The maximum Gasteiger partial charge on any atom is 0.123 e. The van der Waals surface area contributed by atoms with Gasteiger partial charge in [-0.25, -0.2) is 4.39 Å². The lowest BCUT2D eigenvalue weighted by Gasteiger charge is -2.26. The normalized spacial score (nSPS) is 20.5. The van der Waals surface area contributed by atoms with Gasteiger partial charge in [0.2, 0.25) is 0 Å². The molecule has 1 aromatic carbocycles. The van der Waals surface area contributed by atoms with E-state index < -0.39 is 0 Å². The van der Waals surface area contributed by atoms with E-state index in [0.717, 1.165) is 29.5 Å². The molecule has 0 aliphatic heterocycles. The minimum atomic E-state index is -0.207. The van der Waals surface area contributed by atoms with Crippen molar-refractivity contribution in [3.63, 3.8) is 0 Å². The Morgan fingerprint density at radius 3 is 2.46 bits per heavy atom. The number of benzene rings is 1. The van der Waals surface area contributed by atoms with Gasteiger partial charge in [-0.05, 0) is 92.7 Å². The van der Waals surface area contributed by atoms with Crippen LogP contribution in [0.25, 0.3) is 11.3 Å². The average Bonchev–Trinajstić information content (AvgIpc) is 2.69. The van der Waals surface area contributed by atoms with Gasteiger partial charge in [0, 0.05) is 11.8 Å². The molecule has 1 fully saturated rings. The summed E-state index contributed by atoms with van der Waals surface area (Å²) in [7, 11) is 0. The first kappa shape index (κ1) is 18.8. The van der Waals surface area contributed by atoms with E-state index in [2.05, 4.69) is 36.2 Å². The second kappa shape index (κ2) is 9.66. The Kier molecular flexibility index (Phi) is 6.99. The van der Waals surface area contributed by atoms with E-state index in [-0.39, 0.29) is 5.82 Å². The molecule has 2 heteroatoms. The molecule has 3 rings (SSSR count). The molecule has 138 valence electrons. The van der Waals surface area contributed by atoms with E-state index in [1.54, 1.807) is 12.1 Å². The standard InChI is InChI=1S/C24H30FN/c1-2-3-4-5-19-6-8-20(9-7-19)10-11-21-12-17-24(26-18-21)22-13-15-23(25)16-14-22/h4-5,12-20H,2-3,6-11H2,1H3/b5-4+/t19-,20-. The molecular formula is C24H30FN. The van der Waals surface area contributed by atoms with Gasteiger partial charge in [-0.3, -0.25) is 4.98 Å². The Morgan fingerprint density at radius 2 is 1.81 bits per heavy atom. The van der Waals surface area contributed by atoms with Crippen molar-refractivity contribution < 1.29 is 4.39 Å². The third kappa shape index (κ3) is 5.52. The van der Waals surface area contributed by atoms with Crippen LogP contribution in [0.5, 0.6) is 0 Å². The Hall–Kier alpha value is -1.96. The first-order valence-corrected chi connectivity index (χ1v) is 10.1. The zero-order valence-corrected chi connectivity index (χ0v) is 15.8. The van der Waals surface area contributed by atoms with Gasteiger partial charge in [-0.15, -0.1) is 0 Å². The quantitative estimate of drug-likeness (QED) is 0.490. The van der Waals surface area contributed by atoms with Gasteiger partial charge in [-0.2, -0.15) is 0 Å². The second-order valence-corrected chi connectivity index (χ2v) is 7.59. The van der Waals surface area contributed by atoms with Crippen LogP contribution in [0.1, 0.15) is 57.4 Å². The van der Waals surface area contributed by atoms with E-state index >= 15 is 0 Å². The average molecular weight is 352 g/mol. The number of aryl methyl sites for hydroxylation is 1. The molecule has 26 heavy (non-hydrogen) atoms. The van der Waals surface area contributed by atoms with Gasteiger partial charge < -0.3 is 0 Å². The number of hydrogen-bond acceptors (Lipinski definition) is 1. The maximum absolute atomic E-state index is 13.0. The van der Waals surface area contributed by atoms with Crippen LogP contribution in [-0.4, -0.2) is 4.98 Å². The predicted molar refractivity (Wildman–Crippen MR) is 107 cm³/mol. The summed E-state index contributed by atoms with van der Waals surface area (Å²) in [5.74, 6) is 1.47. The fourth-order valence-corrected chi connectivity index (χ4v) is 3.86. The molecule has 0 saturated heterocycles. The summed E-state index contributed by atoms with van der Waals surface area (Å²) >= 11 is 0. The van der Waals surface area contributed by atoms with Crippen LogP contribution in [0.15, 0.2) is 54.7 Å². The highest BCUT2D eigenvalue weighted by Crippen LogP contribution is 2.32. The SMILES string of the molecule is CCC/C=C/[C@H]1CC[C@H](CCc2ccc(-c3ccc(F)cc3)nc2)CC1. The first-order chi connectivity index (χ1) is 12.7. The van der Waals surface area contributed by atoms with Crippen molar-refractivity contribution in [2.45, 2.75) is 58.3 Å². The highest BCUT2D eigenvalue weighted by molar-refractivity contribution is 5.58. The summed E-state index contributed by atoms with van der Waals surface area (Å²) in [5, 5.41) is 0. The number of unbranched alkanes of at least 4 members (excludes halogenated alkanes) is 1. The van der Waals surface area contributed by atoms with E-state index in [4.69, 9.17) is 0 Å². The fourth-order valence-electron chi connectivity index (χ4n) is 3.86. The third-order valence-corrected chi connectivity index (χ3v) is 5.56. The predicted octanol–water partition coefficient (Wildman–Crippen LogP) is 6.98. The van der Waals surface area contributed by atoms with Gasteiger partial charge in [0.1, 0.15) is 5.82 Å². The van der Waals surface area contributed by atoms with Gasteiger partial charge in [0.25, 0.3) is 0 Å². The zero-order chi connectivity index (χ0) is 18.2. The minimum Gasteiger partial charge on any atom is -0.256 e. The fraction of sp³-hybridized carbons (Fsp3) is 0.458. The number of nitrogens with zero attached hydrogens (tertiary/aromatic N) is 1. The topological polar surface area (TPSA) is 12.9 Å². The van der Waals surface area contributed by atoms with Gasteiger partial charge in [0.15, 0.2) is 0 Å². The molecule has 0 spiro atoms. The van der Waals surface area contributed by atoms with Crippen molar-refractivity contribution in [2.75, 3.05) is 0 Å². The summed E-state index contributed by atoms with van der Waals surface area (Å²) in [6.45, 7) is 2.24. The van der Waals surface area contributed by atoms with Crippen molar-refractivity contribution in [1.82, 2.24) is 4.98 Å². The van der Waals surface area contributed by atoms with E-state index in [1.807, 2.05) is 6.20 Å². The Morgan fingerprint density at radius 1 is 1.04 bits per heavy atom. The summed E-state index contributed by atoms with van der Waals surface area (Å²) < 4.78 is 13.0. The van der Waals surface area contributed by atoms with Gasteiger partial charge in [0.05, 0.1) is 5.69 Å². The molecule has 0 unspecified atom stereocenters. The molecule has 1 aliphatic rings. The molecule has 1 aliphatic carbocycles. The second-order valence-electron chi connectivity index (χ2n) is 7.59. The number of halogens is 1. The number of allylic oxidation sites excluding steroid dienone is 2. The lowest BCUT2D eigenvalue weighted by Crippen LogP contribution is -2.13. The van der Waals surface area contributed by atoms with Crippen LogP contribution in [0.4, 0.5) is 4.39 Å². The molecule has 1 aromatic heterocycles. The highest BCUT2D eigenvalue weighted by Gasteiger charge is 2.19. The van der Waals surface area contributed by atoms with Crippen LogP contribution < -0.4 is 0 Å². The molecule has 0 atom stereocenters. The number of pyridine rings is 1. The van der Waals surface area contributed by atoms with Crippen molar-refractivity contribution in [3.8, 4) is 11.3 Å². The molecule has 2 aromatic rings. The van der Waals surface area contributed by atoms with E-state index in [0.29, 0.717) is 0 Å². The number of aromatic nitrogens is 1. The summed E-state index contributed by atoms with van der Waals surface area (Å²) in [5.41, 5.74) is 3.18. The third-order valence-electron chi connectivity index (χ3n) is 5.56. The van der Waals surface area contributed by atoms with Crippen LogP contribution in [-0.2, 0) is 6.42 Å². The summed E-state index contributed by atoms with van der Waals surface area (Å²) in [6, 6.07) is 10.8. The molecule has 1 heterocycles. The molecule has 0 amide bonds. The van der Waals surface area contributed by atoms with Crippen molar-refractivity contribution in [3.05, 3.63) is 66.1 Å². The smallest absolute Gasteiger partial charge is 0.123 e. The van der Waals surface area contributed by atoms with E-state index in [1.165, 1.54) is 62.6 Å². The highest BCUT2D eigenvalue weighted by atomic mass is 19.1. The van der Waals surface area contributed by atoms with Crippen LogP contribution in [0, 0.1) is 17.7 Å². The zero-order valence-electron chi connectivity index (χ0n) is 15.8. The molecule has 1 nitrogen and oxygen atoms in total. The summed E-state index contributed by atoms with van der Waals surface area (Å²) in [4.78, 5) is 4.56. The number of rotatable bonds is 7. The van der Waals surface area contributed by atoms with Gasteiger partial charge >= 0.3 is 0 Å². The molecule has 0 bridgehead atoms. The molecular weight excluding hydrogens is 321 g/mol. The van der Waals surface area contributed by atoms with Crippen LogP contribution in [0.2, 0.25) is 0 Å². The lowest BCUT2D eigenvalue weighted by atomic mass is 9.79. The largest absolute Gasteiger partial charge is 0.256 e. The Balaban J connectivity index is 1.45. The first-order valence-electron chi connectivity index (χ1n) is 10.1. The maximum atomic E-state index is 13.0. The van der Waals surface area contributed by atoms with Crippen LogP contribution >= 0.6 is 0 Å². The van der Waals surface area contributed by atoms with Crippen LogP contribution in [0.3, 0.4) is 0 Å². The lowest BCUT2D eigenvalue weighted by molar-refractivity contribution is 0.296. The summed E-state index contributed by atoms with van der Waals surface area (Å²) in [6.07, 6.45) is 17.1. The van der Waals surface area contributed by atoms with E-state index in [9.17, 15) is 4.39 Å². The number of hydrogen-bond donors (Lipinski definition) is 0. The molecule has 1 saturated carbocycles. The minimum absolute atomic E-state index is 0.207. The molecule has 0 radical (unpaired) electrons. The van der Waals surface area contributed by atoms with Crippen molar-refractivity contribution >= 4 is 0 Å². The molecule has 0 N–H and O–H groups in total. The Labute approximate surface area is 157 Å². The Bertz CT molecular complexity index is 679. The van der Waals surface area contributed by atoms with Crippen molar-refractivity contribution in [2.24, 2.45) is 11.8 Å². The van der Waals surface area contributed by atoms with Crippen molar-refractivity contribution in [1.29, 1.82) is 0 Å². The van der Waals surface area contributed by atoms with Gasteiger partial charge in [-0.1, -0.05) is 31.6 Å². The monoisotopic (exact) mass is 351 g/mol.